The quantitative estimate of drug-likeness (QED) is 0.233. The first-order chi connectivity index (χ1) is 22.4. The number of benzene rings is 3. The molecule has 3 amide bonds. The maximum absolute atomic E-state index is 13.6. The molecule has 2 atom stereocenters. The Hall–Kier alpha value is -4.45. The molecule has 0 radical (unpaired) electrons. The number of carbonyl (C=O) groups is 2. The van der Waals surface area contributed by atoms with Crippen LogP contribution in [0.3, 0.4) is 0 Å². The molecule has 3 aromatic carbocycles. The lowest BCUT2D eigenvalue weighted by atomic mass is 10.0. The van der Waals surface area contributed by atoms with Crippen molar-refractivity contribution in [3.8, 4) is 11.5 Å². The SMILES string of the molecule is O=C(Nc1ccc(CN2CC3(CC3)OC3(CC3)C2)cc1)C1Sc2ncnc3c2C1NC(=O)N3c1ccc(Oc2ccccc2)cc1. The number of carbonyl (C=O) groups excluding carboxylic acids is 2. The third kappa shape index (κ3) is 5.08. The van der Waals surface area contributed by atoms with Crippen LogP contribution in [-0.2, 0) is 16.1 Å². The Morgan fingerprint density at radius 2 is 1.63 bits per heavy atom. The van der Waals surface area contributed by atoms with Crippen LogP contribution in [0.2, 0.25) is 0 Å². The Kier molecular flexibility index (Phi) is 6.38. The van der Waals surface area contributed by atoms with E-state index in [1.54, 1.807) is 0 Å². The summed E-state index contributed by atoms with van der Waals surface area (Å²) in [4.78, 5) is 40.1. The average molecular weight is 633 g/mol. The van der Waals surface area contributed by atoms with Crippen molar-refractivity contribution in [1.29, 1.82) is 0 Å². The third-order valence-electron chi connectivity index (χ3n) is 9.40. The molecule has 0 bridgehead atoms. The molecule has 232 valence electrons. The first kappa shape index (κ1) is 27.8. The first-order valence-corrected chi connectivity index (χ1v) is 16.6. The molecule has 1 aromatic heterocycles. The minimum Gasteiger partial charge on any atom is -0.457 e. The highest BCUT2D eigenvalue weighted by molar-refractivity contribution is 8.01. The highest BCUT2D eigenvalue weighted by atomic mass is 32.2. The number of nitrogens with zero attached hydrogens (tertiary/aromatic N) is 4. The minimum absolute atomic E-state index is 0.0944. The van der Waals surface area contributed by atoms with E-state index in [2.05, 4.69) is 37.6 Å². The van der Waals surface area contributed by atoms with E-state index in [0.717, 1.165) is 36.6 Å². The lowest BCUT2D eigenvalue weighted by molar-refractivity contribution is -0.119. The fourth-order valence-electron chi connectivity index (χ4n) is 6.90. The van der Waals surface area contributed by atoms with Gasteiger partial charge in [-0.1, -0.05) is 42.1 Å². The van der Waals surface area contributed by atoms with Crippen LogP contribution >= 0.6 is 11.8 Å². The van der Waals surface area contributed by atoms with Crippen molar-refractivity contribution >= 4 is 40.9 Å². The summed E-state index contributed by atoms with van der Waals surface area (Å²) < 4.78 is 12.4. The van der Waals surface area contributed by atoms with E-state index in [4.69, 9.17) is 9.47 Å². The number of hydrogen-bond donors (Lipinski definition) is 2. The molecule has 3 aliphatic heterocycles. The van der Waals surface area contributed by atoms with Gasteiger partial charge in [-0.25, -0.2) is 19.7 Å². The predicted molar refractivity (Wildman–Crippen MR) is 173 cm³/mol. The Labute approximate surface area is 270 Å². The Morgan fingerprint density at radius 1 is 0.935 bits per heavy atom. The molecular weight excluding hydrogens is 600 g/mol. The monoisotopic (exact) mass is 632 g/mol. The average Bonchev–Trinajstić information content (AvgIpc) is 3.96. The number of ether oxygens (including phenoxy) is 2. The molecule has 5 aliphatic rings. The zero-order valence-electron chi connectivity index (χ0n) is 25.0. The standard InChI is InChI=1S/C35H32N6O4S/c42-31(38-23-8-6-22(7-9-23)18-40-19-34(14-15-34)45-35(20-40)16-17-35)29-28-27-30(36-21-37-32(27)46-29)41(33(43)39-28)24-10-12-26(13-11-24)44-25-4-2-1-3-5-25/h1-13,21,28-29H,14-20H2,(H,38,42)(H,39,43). The van der Waals surface area contributed by atoms with Gasteiger partial charge in [-0.15, -0.1) is 0 Å². The number of nitrogens with one attached hydrogen (secondary N) is 2. The van der Waals surface area contributed by atoms with Crippen LogP contribution in [0.15, 0.2) is 90.2 Å². The van der Waals surface area contributed by atoms with E-state index >= 15 is 0 Å². The lowest BCUT2D eigenvalue weighted by Crippen LogP contribution is -2.49. The van der Waals surface area contributed by atoms with E-state index < -0.39 is 11.3 Å². The molecule has 1 saturated heterocycles. The van der Waals surface area contributed by atoms with Crippen molar-refractivity contribution < 1.29 is 19.1 Å². The highest BCUT2D eigenvalue weighted by Gasteiger charge is 2.59. The summed E-state index contributed by atoms with van der Waals surface area (Å²) in [5.74, 6) is 1.66. The van der Waals surface area contributed by atoms with Gasteiger partial charge in [0.1, 0.15) is 28.1 Å². The van der Waals surface area contributed by atoms with Crippen molar-refractivity contribution in [2.24, 2.45) is 0 Å². The molecule has 3 fully saturated rings. The van der Waals surface area contributed by atoms with Crippen LogP contribution < -0.4 is 20.3 Å². The second kappa shape index (κ2) is 10.5. The van der Waals surface area contributed by atoms with Crippen LogP contribution in [0.4, 0.5) is 22.0 Å². The number of anilines is 3. The summed E-state index contributed by atoms with van der Waals surface area (Å²) in [6.45, 7) is 2.87. The fourth-order valence-corrected chi connectivity index (χ4v) is 8.10. The van der Waals surface area contributed by atoms with E-state index in [9.17, 15) is 9.59 Å². The van der Waals surface area contributed by atoms with Gasteiger partial charge in [0.2, 0.25) is 5.91 Å². The van der Waals surface area contributed by atoms with Crippen molar-refractivity contribution in [1.82, 2.24) is 20.2 Å². The van der Waals surface area contributed by atoms with Crippen LogP contribution in [-0.4, -0.2) is 56.3 Å². The number of urea groups is 1. The summed E-state index contributed by atoms with van der Waals surface area (Å²) in [6, 6.07) is 23.9. The highest BCUT2D eigenvalue weighted by Crippen LogP contribution is 2.55. The number of thioether (sulfide) groups is 1. The van der Waals surface area contributed by atoms with Crippen molar-refractivity contribution in [3.63, 3.8) is 0 Å². The second-order valence-electron chi connectivity index (χ2n) is 12.9. The maximum atomic E-state index is 13.6. The van der Waals surface area contributed by atoms with E-state index in [-0.39, 0.29) is 23.1 Å². The van der Waals surface area contributed by atoms with Gasteiger partial charge in [-0.2, -0.15) is 0 Å². The van der Waals surface area contributed by atoms with Gasteiger partial charge in [-0.05, 0) is 79.8 Å². The summed E-state index contributed by atoms with van der Waals surface area (Å²) in [5.41, 5.74) is 3.51. The summed E-state index contributed by atoms with van der Waals surface area (Å²) >= 11 is 1.35. The normalized spacial score (nSPS) is 23.1. The molecule has 2 N–H and O–H groups in total. The van der Waals surface area contributed by atoms with Gasteiger partial charge in [0.25, 0.3) is 0 Å². The minimum atomic E-state index is -0.587. The summed E-state index contributed by atoms with van der Waals surface area (Å²) in [5, 5.41) is 6.22. The molecular formula is C35H32N6O4S. The van der Waals surface area contributed by atoms with Gasteiger partial charge in [0.05, 0.1) is 28.5 Å². The molecule has 4 aromatic rings. The van der Waals surface area contributed by atoms with E-state index in [1.165, 1.54) is 54.2 Å². The van der Waals surface area contributed by atoms with Gasteiger partial charge in [-0.3, -0.25) is 9.69 Å². The van der Waals surface area contributed by atoms with Gasteiger partial charge in [0, 0.05) is 25.3 Å². The zero-order chi connectivity index (χ0) is 30.9. The van der Waals surface area contributed by atoms with Crippen LogP contribution in [0.1, 0.15) is 42.9 Å². The molecule has 2 unspecified atom stereocenters. The topological polar surface area (TPSA) is 109 Å². The number of hydrogen-bond acceptors (Lipinski definition) is 8. The van der Waals surface area contributed by atoms with Crippen molar-refractivity contribution in [2.75, 3.05) is 23.3 Å². The number of amides is 3. The van der Waals surface area contributed by atoms with Gasteiger partial charge >= 0.3 is 6.03 Å². The molecule has 11 heteroatoms. The molecule has 9 rings (SSSR count). The maximum Gasteiger partial charge on any atom is 0.328 e. The van der Waals surface area contributed by atoms with E-state index in [1.807, 2.05) is 66.7 Å². The van der Waals surface area contributed by atoms with Crippen LogP contribution in [0.25, 0.3) is 0 Å². The molecule has 4 heterocycles. The summed E-state index contributed by atoms with van der Waals surface area (Å²) in [7, 11) is 0. The summed E-state index contributed by atoms with van der Waals surface area (Å²) in [6.07, 6.45) is 6.13. The largest absolute Gasteiger partial charge is 0.457 e. The van der Waals surface area contributed by atoms with Crippen molar-refractivity contribution in [3.05, 3.63) is 96.3 Å². The third-order valence-corrected chi connectivity index (χ3v) is 10.7. The number of aromatic nitrogens is 2. The number of para-hydroxylation sites is 1. The molecule has 46 heavy (non-hydrogen) atoms. The Morgan fingerprint density at radius 3 is 2.33 bits per heavy atom. The van der Waals surface area contributed by atoms with Crippen LogP contribution in [0, 0.1) is 0 Å². The Balaban J connectivity index is 0.882. The zero-order valence-corrected chi connectivity index (χ0v) is 25.8. The fraction of sp³-hybridized carbons (Fsp3) is 0.314. The van der Waals surface area contributed by atoms with Crippen molar-refractivity contribution in [2.45, 2.75) is 59.7 Å². The molecule has 2 saturated carbocycles. The lowest BCUT2D eigenvalue weighted by Gasteiger charge is -2.39. The predicted octanol–water partition coefficient (Wildman–Crippen LogP) is 6.18. The molecule has 2 aliphatic carbocycles. The Bertz CT molecular complexity index is 1810. The van der Waals surface area contributed by atoms with Gasteiger partial charge in [0.15, 0.2) is 5.82 Å². The number of morpholine rings is 1. The second-order valence-corrected chi connectivity index (χ2v) is 14.1. The van der Waals surface area contributed by atoms with Gasteiger partial charge < -0.3 is 20.1 Å². The number of rotatable bonds is 7. The molecule has 10 nitrogen and oxygen atoms in total. The molecule has 2 spiro atoms. The van der Waals surface area contributed by atoms with Crippen LogP contribution in [0.5, 0.6) is 11.5 Å². The smallest absolute Gasteiger partial charge is 0.328 e. The van der Waals surface area contributed by atoms with E-state index in [0.29, 0.717) is 22.3 Å². The first-order valence-electron chi connectivity index (χ1n) is 15.7.